The fourth-order valence-corrected chi connectivity index (χ4v) is 2.98. The maximum atomic E-state index is 12.8. The van der Waals surface area contributed by atoms with Crippen molar-refractivity contribution in [1.82, 2.24) is 4.90 Å². The van der Waals surface area contributed by atoms with Gasteiger partial charge in [0.05, 0.1) is 6.54 Å². The summed E-state index contributed by atoms with van der Waals surface area (Å²) in [5.74, 6) is -0.120. The molecular weight excluding hydrogens is 363 g/mol. The van der Waals surface area contributed by atoms with E-state index in [-0.39, 0.29) is 24.2 Å². The van der Waals surface area contributed by atoms with Crippen LogP contribution in [0.1, 0.15) is 6.42 Å². The molecule has 0 spiro atoms. The zero-order valence-electron chi connectivity index (χ0n) is 13.7. The summed E-state index contributed by atoms with van der Waals surface area (Å²) in [7, 11) is 1.59. The number of carbonyl (C=O) groups is 2. The monoisotopic (exact) mass is 380 g/mol. The number of anilines is 1. The second-order valence-electron chi connectivity index (χ2n) is 5.36. The van der Waals surface area contributed by atoms with Gasteiger partial charge in [0.1, 0.15) is 5.82 Å². The Hall–Kier alpha value is -2.05. The van der Waals surface area contributed by atoms with Crippen molar-refractivity contribution in [2.45, 2.75) is 11.3 Å². The van der Waals surface area contributed by atoms with E-state index in [0.717, 1.165) is 4.90 Å². The Morgan fingerprint density at radius 3 is 2.40 bits per heavy atom. The predicted octanol–water partition coefficient (Wildman–Crippen LogP) is 4.06. The van der Waals surface area contributed by atoms with Gasteiger partial charge in [-0.25, -0.2) is 4.39 Å². The Balaban J connectivity index is 1.72. The summed E-state index contributed by atoms with van der Waals surface area (Å²) in [6, 6.07) is 12.9. The van der Waals surface area contributed by atoms with E-state index in [1.165, 1.54) is 28.8 Å². The van der Waals surface area contributed by atoms with Crippen LogP contribution in [-0.2, 0) is 9.59 Å². The van der Waals surface area contributed by atoms with E-state index in [1.54, 1.807) is 43.4 Å². The molecule has 1 N–H and O–H groups in total. The molecular formula is C18H18ClFN2O2S. The van der Waals surface area contributed by atoms with Gasteiger partial charge in [-0.15, -0.1) is 11.8 Å². The maximum absolute atomic E-state index is 12.8. The molecule has 0 unspecified atom stereocenters. The van der Waals surface area contributed by atoms with Gasteiger partial charge in [0, 0.05) is 34.8 Å². The van der Waals surface area contributed by atoms with Gasteiger partial charge in [-0.3, -0.25) is 9.59 Å². The number of likely N-dealkylation sites (N-methyl/N-ethyl adjacent to an activating group) is 1. The van der Waals surface area contributed by atoms with Crippen molar-refractivity contribution in [2.24, 2.45) is 0 Å². The average molecular weight is 381 g/mol. The van der Waals surface area contributed by atoms with E-state index < -0.39 is 0 Å². The number of nitrogens with zero attached hydrogens (tertiary/aromatic N) is 1. The van der Waals surface area contributed by atoms with Gasteiger partial charge in [-0.05, 0) is 48.5 Å². The fraction of sp³-hybridized carbons (Fsp3) is 0.222. The van der Waals surface area contributed by atoms with Crippen molar-refractivity contribution in [3.8, 4) is 0 Å². The number of amides is 2. The summed E-state index contributed by atoms with van der Waals surface area (Å²) < 4.78 is 12.8. The minimum Gasteiger partial charge on any atom is -0.336 e. The first-order chi connectivity index (χ1) is 11.9. The molecule has 0 aliphatic rings. The molecule has 0 aromatic heterocycles. The molecule has 0 radical (unpaired) electrons. The molecule has 7 heteroatoms. The molecule has 0 aliphatic carbocycles. The lowest BCUT2D eigenvalue weighted by Gasteiger charge is -2.16. The summed E-state index contributed by atoms with van der Waals surface area (Å²) in [6.45, 7) is -0.0251. The molecule has 2 aromatic carbocycles. The van der Waals surface area contributed by atoms with Crippen LogP contribution in [0.2, 0.25) is 5.02 Å². The van der Waals surface area contributed by atoms with Crippen LogP contribution >= 0.6 is 23.4 Å². The molecule has 0 bridgehead atoms. The van der Waals surface area contributed by atoms with Crippen LogP contribution < -0.4 is 5.32 Å². The SMILES string of the molecule is CN(CC(=O)Nc1ccc(Cl)cc1)C(=O)CCSc1ccc(F)cc1. The number of rotatable bonds is 7. The quantitative estimate of drug-likeness (QED) is 0.737. The first kappa shape index (κ1) is 19.3. The van der Waals surface area contributed by atoms with Gasteiger partial charge in [0.25, 0.3) is 0 Å². The molecule has 2 amide bonds. The molecule has 25 heavy (non-hydrogen) atoms. The molecule has 132 valence electrons. The maximum Gasteiger partial charge on any atom is 0.243 e. The number of halogens is 2. The topological polar surface area (TPSA) is 49.4 Å². The second-order valence-corrected chi connectivity index (χ2v) is 6.96. The molecule has 2 aromatic rings. The minimum atomic E-state index is -0.285. The largest absolute Gasteiger partial charge is 0.336 e. The lowest BCUT2D eigenvalue weighted by Crippen LogP contribution is -2.35. The number of benzene rings is 2. The van der Waals surface area contributed by atoms with E-state index in [0.29, 0.717) is 22.9 Å². The van der Waals surface area contributed by atoms with E-state index in [4.69, 9.17) is 11.6 Å². The third-order valence-corrected chi connectivity index (χ3v) is 4.60. The van der Waals surface area contributed by atoms with Crippen molar-refractivity contribution < 1.29 is 14.0 Å². The van der Waals surface area contributed by atoms with Crippen LogP contribution in [0.3, 0.4) is 0 Å². The average Bonchev–Trinajstić information content (AvgIpc) is 2.58. The van der Waals surface area contributed by atoms with E-state index >= 15 is 0 Å². The Kier molecular flexibility index (Phi) is 7.28. The highest BCUT2D eigenvalue weighted by Gasteiger charge is 2.13. The predicted molar refractivity (Wildman–Crippen MR) is 99.5 cm³/mol. The van der Waals surface area contributed by atoms with Gasteiger partial charge >= 0.3 is 0 Å². The number of hydrogen-bond acceptors (Lipinski definition) is 3. The molecule has 0 fully saturated rings. The fourth-order valence-electron chi connectivity index (χ4n) is 2.02. The summed E-state index contributed by atoms with van der Waals surface area (Å²) in [4.78, 5) is 26.3. The Labute approximate surface area is 155 Å². The molecule has 4 nitrogen and oxygen atoms in total. The number of hydrogen-bond donors (Lipinski definition) is 1. The van der Waals surface area contributed by atoms with Crippen molar-refractivity contribution in [2.75, 3.05) is 24.7 Å². The van der Waals surface area contributed by atoms with Crippen molar-refractivity contribution in [1.29, 1.82) is 0 Å². The van der Waals surface area contributed by atoms with Crippen LogP contribution in [0.5, 0.6) is 0 Å². The Morgan fingerprint density at radius 2 is 1.76 bits per heavy atom. The van der Waals surface area contributed by atoms with Crippen LogP contribution in [0.4, 0.5) is 10.1 Å². The summed E-state index contributed by atoms with van der Waals surface area (Å²) in [6.07, 6.45) is 0.298. The molecule has 0 heterocycles. The van der Waals surface area contributed by atoms with Crippen molar-refractivity contribution in [3.05, 3.63) is 59.4 Å². The highest BCUT2D eigenvalue weighted by molar-refractivity contribution is 7.99. The van der Waals surface area contributed by atoms with Crippen LogP contribution in [0.15, 0.2) is 53.4 Å². The molecule has 0 aliphatic heterocycles. The normalized spacial score (nSPS) is 10.4. The molecule has 0 atom stereocenters. The highest BCUT2D eigenvalue weighted by Crippen LogP contribution is 2.19. The summed E-state index contributed by atoms with van der Waals surface area (Å²) >= 11 is 7.26. The zero-order valence-corrected chi connectivity index (χ0v) is 15.2. The van der Waals surface area contributed by atoms with Gasteiger partial charge < -0.3 is 10.2 Å². The number of carbonyl (C=O) groups excluding carboxylic acids is 2. The first-order valence-corrected chi connectivity index (χ1v) is 8.98. The third kappa shape index (κ3) is 6.76. The van der Waals surface area contributed by atoms with Crippen LogP contribution in [0, 0.1) is 5.82 Å². The molecule has 0 saturated heterocycles. The van der Waals surface area contributed by atoms with Crippen LogP contribution in [-0.4, -0.2) is 36.1 Å². The lowest BCUT2D eigenvalue weighted by molar-refractivity contribution is -0.132. The Morgan fingerprint density at radius 1 is 1.12 bits per heavy atom. The van der Waals surface area contributed by atoms with E-state index in [2.05, 4.69) is 5.32 Å². The minimum absolute atomic E-state index is 0.0251. The van der Waals surface area contributed by atoms with Gasteiger partial charge in [0.2, 0.25) is 11.8 Å². The van der Waals surface area contributed by atoms with Crippen LogP contribution in [0.25, 0.3) is 0 Å². The number of thioether (sulfide) groups is 1. The first-order valence-electron chi connectivity index (χ1n) is 7.62. The van der Waals surface area contributed by atoms with E-state index in [9.17, 15) is 14.0 Å². The standard InChI is InChI=1S/C18H18ClFN2O2S/c1-22(12-17(23)21-15-6-2-13(19)3-7-15)18(24)10-11-25-16-8-4-14(20)5-9-16/h2-9H,10-12H2,1H3,(H,21,23). The smallest absolute Gasteiger partial charge is 0.243 e. The lowest BCUT2D eigenvalue weighted by atomic mass is 10.3. The van der Waals surface area contributed by atoms with Gasteiger partial charge in [-0.2, -0.15) is 0 Å². The zero-order chi connectivity index (χ0) is 18.2. The summed E-state index contributed by atoms with van der Waals surface area (Å²) in [5, 5.41) is 3.30. The Bertz CT molecular complexity index is 723. The van der Waals surface area contributed by atoms with Gasteiger partial charge in [0.15, 0.2) is 0 Å². The highest BCUT2D eigenvalue weighted by atomic mass is 35.5. The molecule has 0 saturated carbocycles. The molecule has 2 rings (SSSR count). The second kappa shape index (κ2) is 9.44. The third-order valence-electron chi connectivity index (χ3n) is 3.33. The van der Waals surface area contributed by atoms with Gasteiger partial charge in [-0.1, -0.05) is 11.6 Å². The number of nitrogens with one attached hydrogen (secondary N) is 1. The van der Waals surface area contributed by atoms with E-state index in [1.807, 2.05) is 0 Å². The van der Waals surface area contributed by atoms with Crippen molar-refractivity contribution in [3.63, 3.8) is 0 Å². The van der Waals surface area contributed by atoms with Crippen molar-refractivity contribution >= 4 is 40.9 Å². The summed E-state index contributed by atoms with van der Waals surface area (Å²) in [5.41, 5.74) is 0.627.